The van der Waals surface area contributed by atoms with Gasteiger partial charge in [-0.15, -0.1) is 0 Å². The number of carbonyl (C=O) groups is 4. The number of carboxylic acids is 2. The molecule has 0 unspecified atom stereocenters. The van der Waals surface area contributed by atoms with Crippen LogP contribution in [0.15, 0.2) is 24.3 Å². The molecular weight excluding hydrogens is 248 g/mol. The molecule has 0 amide bonds. The lowest BCUT2D eigenvalue weighted by Crippen LogP contribution is -1.98. The summed E-state index contributed by atoms with van der Waals surface area (Å²) in [6.45, 7) is 0. The Balaban J connectivity index is 0. The van der Waals surface area contributed by atoms with Gasteiger partial charge in [0.05, 0.1) is 14.2 Å². The van der Waals surface area contributed by atoms with E-state index in [1.807, 2.05) is 0 Å². The van der Waals surface area contributed by atoms with Gasteiger partial charge < -0.3 is 19.7 Å². The number of esters is 2. The first-order chi connectivity index (χ1) is 8.33. The molecule has 0 spiro atoms. The molecule has 2 N–H and O–H groups in total. The van der Waals surface area contributed by atoms with E-state index < -0.39 is 23.9 Å². The molecule has 0 radical (unpaired) electrons. The predicted octanol–water partition coefficient (Wildman–Crippen LogP) is -0.400. The van der Waals surface area contributed by atoms with Crippen molar-refractivity contribution < 1.29 is 38.9 Å². The van der Waals surface area contributed by atoms with Gasteiger partial charge in [0.2, 0.25) is 0 Å². The van der Waals surface area contributed by atoms with E-state index in [0.29, 0.717) is 12.2 Å². The van der Waals surface area contributed by atoms with Crippen LogP contribution < -0.4 is 0 Å². The zero-order valence-corrected chi connectivity index (χ0v) is 9.65. The van der Waals surface area contributed by atoms with Crippen LogP contribution in [-0.4, -0.2) is 48.3 Å². The fourth-order valence-electron chi connectivity index (χ4n) is 0.415. The Morgan fingerprint density at radius 2 is 1.00 bits per heavy atom. The van der Waals surface area contributed by atoms with Crippen molar-refractivity contribution in [1.29, 1.82) is 0 Å². The quantitative estimate of drug-likeness (QED) is 0.516. The number of hydrogen-bond donors (Lipinski definition) is 2. The second kappa shape index (κ2) is 10.9. The minimum absolute atomic E-state index is 0.558. The smallest absolute Gasteiger partial charge is 0.330 e. The summed E-state index contributed by atoms with van der Waals surface area (Å²) in [5.41, 5.74) is 0. The summed E-state index contributed by atoms with van der Waals surface area (Å²) in [4.78, 5) is 39.7. The van der Waals surface area contributed by atoms with Gasteiger partial charge in [-0.25, -0.2) is 19.2 Å². The van der Waals surface area contributed by atoms with Crippen molar-refractivity contribution in [2.45, 2.75) is 0 Å². The highest BCUT2D eigenvalue weighted by molar-refractivity contribution is 5.91. The Morgan fingerprint density at radius 3 is 1.17 bits per heavy atom. The van der Waals surface area contributed by atoms with Gasteiger partial charge >= 0.3 is 23.9 Å². The zero-order chi connectivity index (χ0) is 14.6. The maximum Gasteiger partial charge on any atom is 0.330 e. The highest BCUT2D eigenvalue weighted by atomic mass is 16.5. The second-order valence-corrected chi connectivity index (χ2v) is 2.39. The minimum atomic E-state index is -1.26. The molecule has 0 aromatic carbocycles. The Morgan fingerprint density at radius 1 is 0.722 bits per heavy atom. The normalized spacial score (nSPS) is 9.44. The molecule has 8 nitrogen and oxygen atoms in total. The summed E-state index contributed by atoms with van der Waals surface area (Å²) in [6.07, 6.45) is 3.10. The van der Waals surface area contributed by atoms with Crippen molar-refractivity contribution in [1.82, 2.24) is 0 Å². The first kappa shape index (κ1) is 17.7. The van der Waals surface area contributed by atoms with Crippen molar-refractivity contribution in [3.05, 3.63) is 24.3 Å². The molecule has 0 rings (SSSR count). The van der Waals surface area contributed by atoms with Crippen molar-refractivity contribution in [3.8, 4) is 0 Å². The van der Waals surface area contributed by atoms with E-state index in [1.54, 1.807) is 0 Å². The van der Waals surface area contributed by atoms with Gasteiger partial charge in [0.15, 0.2) is 0 Å². The van der Waals surface area contributed by atoms with E-state index in [1.165, 1.54) is 14.2 Å². The third-order valence-corrected chi connectivity index (χ3v) is 1.13. The fraction of sp³-hybridized carbons (Fsp3) is 0.200. The lowest BCUT2D eigenvalue weighted by atomic mass is 10.5. The standard InChI is InChI=1S/C6H8O4.C4H4O4/c1-9-5(7)3-4-6(8)10-2;5-3(6)1-2-4(7)8/h3-4H,1-2H3;1-2H,(H,5,6)(H,7,8). The van der Waals surface area contributed by atoms with Crippen molar-refractivity contribution in [2.24, 2.45) is 0 Å². The number of carbonyl (C=O) groups excluding carboxylic acids is 2. The third-order valence-electron chi connectivity index (χ3n) is 1.13. The number of ether oxygens (including phenoxy) is 2. The molecule has 8 heteroatoms. The maximum absolute atomic E-state index is 10.3. The molecule has 0 saturated carbocycles. The molecule has 0 heterocycles. The van der Waals surface area contributed by atoms with Crippen LogP contribution in [0, 0.1) is 0 Å². The predicted molar refractivity (Wildman–Crippen MR) is 57.6 cm³/mol. The highest BCUT2D eigenvalue weighted by Crippen LogP contribution is 1.80. The summed E-state index contributed by atoms with van der Waals surface area (Å²) in [7, 11) is 2.45. The van der Waals surface area contributed by atoms with Crippen LogP contribution in [0.5, 0.6) is 0 Å². The average molecular weight is 260 g/mol. The molecule has 100 valence electrons. The van der Waals surface area contributed by atoms with E-state index in [2.05, 4.69) is 9.47 Å². The van der Waals surface area contributed by atoms with Gasteiger partial charge in [0.25, 0.3) is 0 Å². The van der Waals surface area contributed by atoms with E-state index in [4.69, 9.17) is 10.2 Å². The first-order valence-corrected chi connectivity index (χ1v) is 4.31. The Labute approximate surface area is 102 Å². The van der Waals surface area contributed by atoms with E-state index >= 15 is 0 Å². The van der Waals surface area contributed by atoms with Gasteiger partial charge in [0.1, 0.15) is 0 Å². The maximum atomic E-state index is 10.3. The molecule has 0 aromatic rings. The summed E-state index contributed by atoms with van der Waals surface area (Å²) < 4.78 is 8.42. The van der Waals surface area contributed by atoms with Gasteiger partial charge in [0, 0.05) is 24.3 Å². The van der Waals surface area contributed by atoms with Crippen LogP contribution in [0.1, 0.15) is 0 Å². The summed E-state index contributed by atoms with van der Waals surface area (Å²) in [5, 5.41) is 15.6. The molecule has 0 aliphatic rings. The van der Waals surface area contributed by atoms with Crippen LogP contribution in [-0.2, 0) is 28.7 Å². The van der Waals surface area contributed by atoms with Crippen molar-refractivity contribution in [3.63, 3.8) is 0 Å². The molecule has 0 aromatic heterocycles. The second-order valence-electron chi connectivity index (χ2n) is 2.39. The minimum Gasteiger partial charge on any atom is -0.478 e. The molecular formula is C10H12O8. The van der Waals surface area contributed by atoms with Crippen LogP contribution in [0.25, 0.3) is 0 Å². The Kier molecular flexibility index (Phi) is 10.7. The number of methoxy groups -OCH3 is 2. The molecule has 0 aliphatic heterocycles. The fourth-order valence-corrected chi connectivity index (χ4v) is 0.415. The van der Waals surface area contributed by atoms with Crippen LogP contribution in [0.3, 0.4) is 0 Å². The van der Waals surface area contributed by atoms with Gasteiger partial charge in [-0.2, -0.15) is 0 Å². The molecule has 0 fully saturated rings. The topological polar surface area (TPSA) is 127 Å². The third kappa shape index (κ3) is 15.8. The van der Waals surface area contributed by atoms with Gasteiger partial charge in [-0.3, -0.25) is 0 Å². The molecule has 0 aliphatic carbocycles. The number of hydrogen-bond acceptors (Lipinski definition) is 6. The van der Waals surface area contributed by atoms with E-state index in [-0.39, 0.29) is 0 Å². The molecule has 0 atom stereocenters. The Bertz CT molecular complexity index is 332. The lowest BCUT2D eigenvalue weighted by molar-refractivity contribution is -0.137. The van der Waals surface area contributed by atoms with Crippen LogP contribution in [0.4, 0.5) is 0 Å². The molecule has 0 bridgehead atoms. The number of rotatable bonds is 4. The monoisotopic (exact) mass is 260 g/mol. The largest absolute Gasteiger partial charge is 0.478 e. The summed E-state index contributed by atoms with van der Waals surface area (Å²) in [5.74, 6) is -3.67. The summed E-state index contributed by atoms with van der Waals surface area (Å²) >= 11 is 0. The van der Waals surface area contributed by atoms with Crippen molar-refractivity contribution >= 4 is 23.9 Å². The average Bonchev–Trinajstić information content (AvgIpc) is 2.33. The Hall–Kier alpha value is -2.64. The number of aliphatic carboxylic acids is 2. The SMILES string of the molecule is COC(=O)C=CC(=O)OC.O=C(O)C=CC(=O)O. The highest BCUT2D eigenvalue weighted by Gasteiger charge is 1.94. The van der Waals surface area contributed by atoms with Gasteiger partial charge in [-0.1, -0.05) is 0 Å². The van der Waals surface area contributed by atoms with Crippen molar-refractivity contribution in [2.75, 3.05) is 14.2 Å². The summed E-state index contributed by atoms with van der Waals surface area (Å²) in [6, 6.07) is 0. The van der Waals surface area contributed by atoms with Crippen LogP contribution in [0.2, 0.25) is 0 Å². The van der Waals surface area contributed by atoms with Gasteiger partial charge in [-0.05, 0) is 0 Å². The van der Waals surface area contributed by atoms with Crippen LogP contribution >= 0.6 is 0 Å². The molecule has 18 heavy (non-hydrogen) atoms. The first-order valence-electron chi connectivity index (χ1n) is 4.31. The zero-order valence-electron chi connectivity index (χ0n) is 9.65. The molecule has 0 saturated heterocycles. The van der Waals surface area contributed by atoms with E-state index in [0.717, 1.165) is 12.2 Å². The van der Waals surface area contributed by atoms with E-state index in [9.17, 15) is 19.2 Å². The number of carboxylic acid groups (broad SMARTS) is 2. The lowest BCUT2D eigenvalue weighted by Gasteiger charge is -1.89.